The molecule has 2 aromatic rings. The standard InChI is InChI=1S/C21H18Cl2FNO2/c22-18-8-5-15(12-19(18)23)21(13-16(21)2-1-11-26)20(27)25-10-9-14-3-6-17(24)7-4-14/h1-8,11-12,16H,9-10,13H2,(H,25,27)/b2-1+/t16-,21-/m1/s1. The minimum absolute atomic E-state index is 0.0780. The van der Waals surface area contributed by atoms with E-state index in [1.165, 1.54) is 18.2 Å². The van der Waals surface area contributed by atoms with Gasteiger partial charge in [0, 0.05) is 6.54 Å². The zero-order valence-electron chi connectivity index (χ0n) is 14.4. The number of benzene rings is 2. The van der Waals surface area contributed by atoms with Crippen LogP contribution in [0.2, 0.25) is 10.0 Å². The number of hydrogen-bond acceptors (Lipinski definition) is 2. The molecule has 1 N–H and O–H groups in total. The van der Waals surface area contributed by atoms with E-state index in [-0.39, 0.29) is 17.6 Å². The molecule has 3 nitrogen and oxygen atoms in total. The van der Waals surface area contributed by atoms with E-state index in [4.69, 9.17) is 23.2 Å². The molecule has 0 radical (unpaired) electrons. The molecule has 1 amide bonds. The quantitative estimate of drug-likeness (QED) is 0.544. The number of carbonyl (C=O) groups excluding carboxylic acids is 2. The Morgan fingerprint density at radius 2 is 1.93 bits per heavy atom. The second-order valence-electron chi connectivity index (χ2n) is 6.56. The topological polar surface area (TPSA) is 46.2 Å². The van der Waals surface area contributed by atoms with E-state index < -0.39 is 5.41 Å². The van der Waals surface area contributed by atoms with Gasteiger partial charge in [-0.3, -0.25) is 9.59 Å². The molecule has 0 aliphatic heterocycles. The van der Waals surface area contributed by atoms with Gasteiger partial charge in [0.05, 0.1) is 15.5 Å². The number of halogens is 3. The Morgan fingerprint density at radius 3 is 2.59 bits per heavy atom. The molecule has 0 saturated heterocycles. The molecule has 0 unspecified atom stereocenters. The van der Waals surface area contributed by atoms with Crippen LogP contribution in [0.3, 0.4) is 0 Å². The van der Waals surface area contributed by atoms with E-state index in [0.717, 1.165) is 11.1 Å². The summed E-state index contributed by atoms with van der Waals surface area (Å²) in [5.74, 6) is -0.488. The van der Waals surface area contributed by atoms with Crippen LogP contribution in [0.4, 0.5) is 4.39 Å². The average Bonchev–Trinajstić information content (AvgIpc) is 3.39. The Bertz CT molecular complexity index is 882. The van der Waals surface area contributed by atoms with Crippen molar-refractivity contribution in [2.75, 3.05) is 6.54 Å². The van der Waals surface area contributed by atoms with Crippen molar-refractivity contribution in [2.45, 2.75) is 18.3 Å². The van der Waals surface area contributed by atoms with Crippen molar-refractivity contribution in [3.63, 3.8) is 0 Å². The lowest BCUT2D eigenvalue weighted by atomic mass is 9.91. The fourth-order valence-electron chi connectivity index (χ4n) is 3.33. The van der Waals surface area contributed by atoms with E-state index in [0.29, 0.717) is 35.7 Å². The van der Waals surface area contributed by atoms with Gasteiger partial charge in [-0.15, -0.1) is 0 Å². The fourth-order valence-corrected chi connectivity index (χ4v) is 3.62. The molecule has 2 aromatic carbocycles. The van der Waals surface area contributed by atoms with Crippen LogP contribution in [0.1, 0.15) is 17.5 Å². The summed E-state index contributed by atoms with van der Waals surface area (Å²) in [5, 5.41) is 3.77. The van der Waals surface area contributed by atoms with Crippen molar-refractivity contribution in [1.82, 2.24) is 5.32 Å². The van der Waals surface area contributed by atoms with Crippen LogP contribution in [-0.4, -0.2) is 18.7 Å². The maximum absolute atomic E-state index is 13.0. The average molecular weight is 406 g/mol. The summed E-state index contributed by atoms with van der Waals surface area (Å²) in [6.45, 7) is 0.428. The van der Waals surface area contributed by atoms with Crippen molar-refractivity contribution < 1.29 is 14.0 Å². The first-order valence-corrected chi connectivity index (χ1v) is 9.33. The molecule has 0 bridgehead atoms. The molecular weight excluding hydrogens is 388 g/mol. The Morgan fingerprint density at radius 1 is 1.19 bits per heavy atom. The lowest BCUT2D eigenvalue weighted by Gasteiger charge is -2.18. The van der Waals surface area contributed by atoms with Crippen LogP contribution < -0.4 is 5.32 Å². The number of rotatable bonds is 7. The van der Waals surface area contributed by atoms with Crippen LogP contribution in [0.25, 0.3) is 0 Å². The van der Waals surface area contributed by atoms with Crippen molar-refractivity contribution in [3.8, 4) is 0 Å². The maximum atomic E-state index is 13.0. The summed E-state index contributed by atoms with van der Waals surface area (Å²) in [5.41, 5.74) is 0.960. The SMILES string of the molecule is O=C/C=C/[C@@H]1C[C@@]1(C(=O)NCCc1ccc(F)cc1)c1ccc(Cl)c(Cl)c1. The molecule has 1 saturated carbocycles. The normalized spacial score (nSPS) is 21.2. The van der Waals surface area contributed by atoms with Crippen LogP contribution in [-0.2, 0) is 21.4 Å². The molecule has 0 spiro atoms. The Kier molecular flexibility index (Phi) is 5.98. The highest BCUT2D eigenvalue weighted by atomic mass is 35.5. The van der Waals surface area contributed by atoms with Gasteiger partial charge < -0.3 is 5.32 Å². The number of nitrogens with one attached hydrogen (secondary N) is 1. The highest BCUT2D eigenvalue weighted by Crippen LogP contribution is 2.56. The van der Waals surface area contributed by atoms with Gasteiger partial charge in [-0.25, -0.2) is 4.39 Å². The zero-order valence-corrected chi connectivity index (χ0v) is 15.9. The third-order valence-corrected chi connectivity index (χ3v) is 5.63. The van der Waals surface area contributed by atoms with Gasteiger partial charge in [0.2, 0.25) is 5.91 Å². The van der Waals surface area contributed by atoms with E-state index in [1.807, 2.05) is 0 Å². The van der Waals surface area contributed by atoms with Gasteiger partial charge in [-0.1, -0.05) is 47.5 Å². The van der Waals surface area contributed by atoms with Crippen LogP contribution in [0, 0.1) is 11.7 Å². The van der Waals surface area contributed by atoms with E-state index in [2.05, 4.69) is 5.32 Å². The third kappa shape index (κ3) is 4.23. The van der Waals surface area contributed by atoms with E-state index in [9.17, 15) is 14.0 Å². The number of hydrogen-bond donors (Lipinski definition) is 1. The number of aldehydes is 1. The number of allylic oxidation sites excluding steroid dienone is 2. The summed E-state index contributed by atoms with van der Waals surface area (Å²) in [6, 6.07) is 11.4. The highest BCUT2D eigenvalue weighted by molar-refractivity contribution is 6.42. The van der Waals surface area contributed by atoms with Gasteiger partial charge in [0.15, 0.2) is 0 Å². The van der Waals surface area contributed by atoms with Gasteiger partial charge in [-0.2, -0.15) is 0 Å². The minimum atomic E-state index is -0.753. The van der Waals surface area contributed by atoms with E-state index in [1.54, 1.807) is 36.4 Å². The monoisotopic (exact) mass is 405 g/mol. The molecular formula is C21H18Cl2FNO2. The molecule has 1 fully saturated rings. The summed E-state index contributed by atoms with van der Waals surface area (Å²) >= 11 is 12.1. The lowest BCUT2D eigenvalue weighted by molar-refractivity contribution is -0.123. The summed E-state index contributed by atoms with van der Waals surface area (Å²) < 4.78 is 13.0. The Labute approximate surface area is 167 Å². The molecule has 1 aliphatic carbocycles. The molecule has 6 heteroatoms. The summed E-state index contributed by atoms with van der Waals surface area (Å²) in [7, 11) is 0. The number of carbonyl (C=O) groups is 2. The summed E-state index contributed by atoms with van der Waals surface area (Å²) in [6.07, 6.45) is 5.05. The molecule has 0 aromatic heterocycles. The van der Waals surface area contributed by atoms with Crippen LogP contribution in [0.15, 0.2) is 54.6 Å². The minimum Gasteiger partial charge on any atom is -0.355 e. The van der Waals surface area contributed by atoms with Crippen LogP contribution in [0.5, 0.6) is 0 Å². The Hall–Kier alpha value is -2.17. The van der Waals surface area contributed by atoms with Gasteiger partial charge in [0.1, 0.15) is 12.1 Å². The first kappa shape index (κ1) is 19.6. The van der Waals surface area contributed by atoms with Crippen LogP contribution >= 0.6 is 23.2 Å². The van der Waals surface area contributed by atoms with Gasteiger partial charge in [-0.05, 0) is 60.2 Å². The second kappa shape index (κ2) is 8.24. The molecule has 27 heavy (non-hydrogen) atoms. The van der Waals surface area contributed by atoms with Crippen molar-refractivity contribution in [1.29, 1.82) is 0 Å². The summed E-state index contributed by atoms with van der Waals surface area (Å²) in [4.78, 5) is 23.6. The first-order chi connectivity index (χ1) is 13.0. The molecule has 3 rings (SSSR count). The fraction of sp³-hybridized carbons (Fsp3) is 0.238. The van der Waals surface area contributed by atoms with Crippen molar-refractivity contribution in [3.05, 3.63) is 81.6 Å². The van der Waals surface area contributed by atoms with Crippen molar-refractivity contribution in [2.24, 2.45) is 5.92 Å². The largest absolute Gasteiger partial charge is 0.355 e. The predicted octanol–water partition coefficient (Wildman–Crippen LogP) is 4.50. The molecule has 1 aliphatic rings. The molecule has 0 heterocycles. The maximum Gasteiger partial charge on any atom is 0.231 e. The molecule has 2 atom stereocenters. The van der Waals surface area contributed by atoms with Crippen molar-refractivity contribution >= 4 is 35.4 Å². The number of amides is 1. The van der Waals surface area contributed by atoms with E-state index >= 15 is 0 Å². The van der Waals surface area contributed by atoms with Gasteiger partial charge >= 0.3 is 0 Å². The molecule has 140 valence electrons. The smallest absolute Gasteiger partial charge is 0.231 e. The van der Waals surface area contributed by atoms with Gasteiger partial charge in [0.25, 0.3) is 0 Å². The Balaban J connectivity index is 1.74. The highest BCUT2D eigenvalue weighted by Gasteiger charge is 2.59. The predicted molar refractivity (Wildman–Crippen MR) is 105 cm³/mol. The lowest BCUT2D eigenvalue weighted by Crippen LogP contribution is -2.37. The zero-order chi connectivity index (χ0) is 19.4. The second-order valence-corrected chi connectivity index (χ2v) is 7.38. The first-order valence-electron chi connectivity index (χ1n) is 8.57. The third-order valence-electron chi connectivity index (χ3n) is 4.89.